The fourth-order valence-electron chi connectivity index (χ4n) is 3.49. The van der Waals surface area contributed by atoms with E-state index in [1.807, 2.05) is 0 Å². The normalized spacial score (nSPS) is 14.4. The van der Waals surface area contributed by atoms with Gasteiger partial charge in [0.05, 0.1) is 25.4 Å². The van der Waals surface area contributed by atoms with E-state index in [-0.39, 0.29) is 31.3 Å². The SMILES string of the molecule is COCC(NC(=O)N1CC(=O)Nc2cc(C)c(OC)nc21)c1ccc(CCC(F)(F)F)cc1. The van der Waals surface area contributed by atoms with Crippen molar-refractivity contribution >= 4 is 23.4 Å². The number of urea groups is 1. The number of carbonyl (C=O) groups excluding carboxylic acids is 2. The van der Waals surface area contributed by atoms with Crippen LogP contribution in [0.3, 0.4) is 0 Å². The number of halogens is 3. The van der Waals surface area contributed by atoms with Crippen LogP contribution in [0.4, 0.5) is 29.5 Å². The molecule has 1 atom stereocenters. The zero-order valence-corrected chi connectivity index (χ0v) is 18.5. The average molecular weight is 466 g/mol. The van der Waals surface area contributed by atoms with E-state index in [9.17, 15) is 22.8 Å². The molecule has 0 fully saturated rings. The summed E-state index contributed by atoms with van der Waals surface area (Å²) in [7, 11) is 2.93. The van der Waals surface area contributed by atoms with Gasteiger partial charge in [0.15, 0.2) is 5.82 Å². The Morgan fingerprint density at radius 2 is 1.97 bits per heavy atom. The topological polar surface area (TPSA) is 92.8 Å². The van der Waals surface area contributed by atoms with Crippen molar-refractivity contribution in [2.24, 2.45) is 0 Å². The molecular formula is C22H25F3N4O4. The van der Waals surface area contributed by atoms with Crippen molar-refractivity contribution in [1.29, 1.82) is 0 Å². The number of nitrogens with zero attached hydrogens (tertiary/aromatic N) is 2. The number of hydrogen-bond acceptors (Lipinski definition) is 5. The average Bonchev–Trinajstić information content (AvgIpc) is 2.76. The van der Waals surface area contributed by atoms with Gasteiger partial charge in [-0.3, -0.25) is 9.69 Å². The Morgan fingerprint density at radius 3 is 2.58 bits per heavy atom. The molecule has 1 aliphatic heterocycles. The smallest absolute Gasteiger partial charge is 0.389 e. The van der Waals surface area contributed by atoms with Gasteiger partial charge in [-0.1, -0.05) is 24.3 Å². The number of aryl methyl sites for hydroxylation is 2. The van der Waals surface area contributed by atoms with Crippen molar-refractivity contribution in [1.82, 2.24) is 10.3 Å². The molecule has 0 spiro atoms. The summed E-state index contributed by atoms with van der Waals surface area (Å²) in [4.78, 5) is 30.8. The van der Waals surface area contributed by atoms with Gasteiger partial charge in [0.1, 0.15) is 6.54 Å². The summed E-state index contributed by atoms with van der Waals surface area (Å²) in [6, 6.07) is 6.98. The summed E-state index contributed by atoms with van der Waals surface area (Å²) in [6.07, 6.45) is -5.26. The molecule has 0 saturated carbocycles. The van der Waals surface area contributed by atoms with Crippen LogP contribution in [-0.4, -0.2) is 50.5 Å². The molecule has 3 amide bonds. The molecule has 0 aliphatic carbocycles. The molecule has 3 rings (SSSR count). The summed E-state index contributed by atoms with van der Waals surface area (Å²) < 4.78 is 47.8. The molecule has 1 unspecified atom stereocenters. The molecule has 1 aromatic carbocycles. The predicted octanol–water partition coefficient (Wildman–Crippen LogP) is 3.75. The first kappa shape index (κ1) is 24.3. The molecule has 1 aliphatic rings. The van der Waals surface area contributed by atoms with Crippen LogP contribution in [0.1, 0.15) is 29.2 Å². The summed E-state index contributed by atoms with van der Waals surface area (Å²) in [5, 5.41) is 5.51. The summed E-state index contributed by atoms with van der Waals surface area (Å²) in [6.45, 7) is 1.64. The van der Waals surface area contributed by atoms with Crippen LogP contribution in [0.2, 0.25) is 0 Å². The van der Waals surface area contributed by atoms with Crippen LogP contribution in [-0.2, 0) is 16.0 Å². The van der Waals surface area contributed by atoms with Crippen LogP contribution in [0.5, 0.6) is 5.88 Å². The van der Waals surface area contributed by atoms with Gasteiger partial charge in [-0.2, -0.15) is 18.2 Å². The predicted molar refractivity (Wildman–Crippen MR) is 115 cm³/mol. The molecule has 11 heteroatoms. The van der Waals surface area contributed by atoms with Gasteiger partial charge in [-0.05, 0) is 30.5 Å². The minimum atomic E-state index is -4.22. The first-order chi connectivity index (χ1) is 15.6. The summed E-state index contributed by atoms with van der Waals surface area (Å²) in [5.41, 5.74) is 2.27. The second-order valence-corrected chi connectivity index (χ2v) is 7.63. The van der Waals surface area contributed by atoms with Gasteiger partial charge in [-0.15, -0.1) is 0 Å². The second kappa shape index (κ2) is 10.1. The second-order valence-electron chi connectivity index (χ2n) is 7.63. The van der Waals surface area contributed by atoms with Crippen LogP contribution in [0, 0.1) is 6.92 Å². The molecular weight excluding hydrogens is 441 g/mol. The number of methoxy groups -OCH3 is 2. The van der Waals surface area contributed by atoms with Gasteiger partial charge in [0, 0.05) is 19.1 Å². The van der Waals surface area contributed by atoms with Gasteiger partial charge in [0.2, 0.25) is 11.8 Å². The number of carbonyl (C=O) groups is 2. The van der Waals surface area contributed by atoms with E-state index < -0.39 is 24.7 Å². The van der Waals surface area contributed by atoms with Gasteiger partial charge in [0.25, 0.3) is 0 Å². The Hall–Kier alpha value is -3.34. The first-order valence-corrected chi connectivity index (χ1v) is 10.2. The number of alkyl halides is 3. The fourth-order valence-corrected chi connectivity index (χ4v) is 3.49. The molecule has 2 N–H and O–H groups in total. The van der Waals surface area contributed by atoms with E-state index in [0.29, 0.717) is 28.3 Å². The summed E-state index contributed by atoms with van der Waals surface area (Å²) >= 11 is 0. The number of hydrogen-bond donors (Lipinski definition) is 2. The maximum Gasteiger partial charge on any atom is 0.389 e. The van der Waals surface area contributed by atoms with Crippen LogP contribution in [0.25, 0.3) is 0 Å². The molecule has 2 aromatic rings. The lowest BCUT2D eigenvalue weighted by molar-refractivity contribution is -0.134. The minimum absolute atomic E-state index is 0.116. The number of amides is 3. The van der Waals surface area contributed by atoms with Crippen LogP contribution < -0.4 is 20.3 Å². The third-order valence-corrected chi connectivity index (χ3v) is 5.13. The highest BCUT2D eigenvalue weighted by atomic mass is 19.4. The number of anilines is 2. The number of ether oxygens (including phenoxy) is 2. The highest BCUT2D eigenvalue weighted by Gasteiger charge is 2.31. The first-order valence-electron chi connectivity index (χ1n) is 10.2. The minimum Gasteiger partial charge on any atom is -0.481 e. The number of fused-ring (bicyclic) bond motifs is 1. The highest BCUT2D eigenvalue weighted by molar-refractivity contribution is 6.08. The quantitative estimate of drug-likeness (QED) is 0.649. The number of pyridine rings is 1. The van der Waals surface area contributed by atoms with E-state index in [1.54, 1.807) is 37.3 Å². The van der Waals surface area contributed by atoms with E-state index in [1.165, 1.54) is 19.1 Å². The van der Waals surface area contributed by atoms with Gasteiger partial charge < -0.3 is 20.1 Å². The highest BCUT2D eigenvalue weighted by Crippen LogP contribution is 2.32. The largest absolute Gasteiger partial charge is 0.481 e. The monoisotopic (exact) mass is 466 g/mol. The lowest BCUT2D eigenvalue weighted by Crippen LogP contribution is -2.49. The Morgan fingerprint density at radius 1 is 1.27 bits per heavy atom. The van der Waals surface area contributed by atoms with Crippen molar-refractivity contribution < 1.29 is 32.2 Å². The zero-order valence-electron chi connectivity index (χ0n) is 18.5. The van der Waals surface area contributed by atoms with E-state index in [2.05, 4.69) is 15.6 Å². The molecule has 1 aromatic heterocycles. The lowest BCUT2D eigenvalue weighted by Gasteiger charge is -2.30. The van der Waals surface area contributed by atoms with Crippen molar-refractivity contribution in [2.45, 2.75) is 32.0 Å². The Labute approximate surface area is 189 Å². The Balaban J connectivity index is 1.79. The molecule has 8 nitrogen and oxygen atoms in total. The van der Waals surface area contributed by atoms with Crippen molar-refractivity contribution in [3.63, 3.8) is 0 Å². The molecule has 0 bridgehead atoms. The molecule has 0 saturated heterocycles. The van der Waals surface area contributed by atoms with Crippen LogP contribution in [0.15, 0.2) is 30.3 Å². The van der Waals surface area contributed by atoms with Gasteiger partial charge >= 0.3 is 12.2 Å². The molecule has 2 heterocycles. The Kier molecular flexibility index (Phi) is 7.42. The van der Waals surface area contributed by atoms with E-state index in [0.717, 1.165) is 0 Å². The summed E-state index contributed by atoms with van der Waals surface area (Å²) in [5.74, 6) is 0.195. The lowest BCUT2D eigenvalue weighted by atomic mass is 10.0. The van der Waals surface area contributed by atoms with E-state index in [4.69, 9.17) is 9.47 Å². The third kappa shape index (κ3) is 6.13. The Bertz CT molecular complexity index is 1010. The van der Waals surface area contributed by atoms with Crippen LogP contribution >= 0.6 is 0 Å². The van der Waals surface area contributed by atoms with E-state index >= 15 is 0 Å². The number of nitrogens with one attached hydrogen (secondary N) is 2. The van der Waals surface area contributed by atoms with Crippen molar-refractivity contribution in [3.8, 4) is 5.88 Å². The third-order valence-electron chi connectivity index (χ3n) is 5.13. The van der Waals surface area contributed by atoms with Crippen molar-refractivity contribution in [2.75, 3.05) is 37.6 Å². The number of benzene rings is 1. The van der Waals surface area contributed by atoms with Gasteiger partial charge in [-0.25, -0.2) is 4.79 Å². The molecule has 33 heavy (non-hydrogen) atoms. The fraction of sp³-hybridized carbons (Fsp3) is 0.409. The maximum atomic E-state index is 13.1. The number of aromatic nitrogens is 1. The molecule has 0 radical (unpaired) electrons. The zero-order chi connectivity index (χ0) is 24.2. The standard InChI is InChI=1S/C22H25F3N4O4/c1-13-10-16-19(28-20(13)33-3)29(11-18(30)26-16)21(31)27-17(12-32-2)15-6-4-14(5-7-15)8-9-22(23,24)25/h4-7,10,17H,8-9,11-12H2,1-3H3,(H,26,30)(H,27,31). The number of rotatable bonds is 7. The van der Waals surface area contributed by atoms with Crippen molar-refractivity contribution in [3.05, 3.63) is 47.0 Å². The molecule has 178 valence electrons. The maximum absolute atomic E-state index is 13.1.